The van der Waals surface area contributed by atoms with Crippen molar-refractivity contribution in [1.29, 1.82) is 0 Å². The molecule has 8 heteroatoms. The fourth-order valence-electron chi connectivity index (χ4n) is 3.30. The number of ether oxygens (including phenoxy) is 4. The first kappa shape index (κ1) is 21.8. The lowest BCUT2D eigenvalue weighted by Crippen LogP contribution is -2.32. The van der Waals surface area contributed by atoms with E-state index in [-0.39, 0.29) is 0 Å². The van der Waals surface area contributed by atoms with Crippen LogP contribution in [0, 0.1) is 0 Å². The van der Waals surface area contributed by atoms with Crippen molar-refractivity contribution in [3.05, 3.63) is 44.7 Å². The molecule has 1 aromatic carbocycles. The van der Waals surface area contributed by atoms with Gasteiger partial charge in [-0.2, -0.15) is 0 Å². The van der Waals surface area contributed by atoms with E-state index in [1.807, 2.05) is 6.92 Å². The summed E-state index contributed by atoms with van der Waals surface area (Å²) >= 11 is 3.49. The Labute approximate surface area is 172 Å². The Hall–Kier alpha value is -2.48. The highest BCUT2D eigenvalue weighted by Gasteiger charge is 2.38. The number of carbonyl (C=O) groups excluding carboxylic acids is 2. The van der Waals surface area contributed by atoms with Crippen LogP contribution in [0.1, 0.15) is 32.3 Å². The zero-order chi connectivity index (χ0) is 21.0. The molecule has 0 aliphatic carbocycles. The lowest BCUT2D eigenvalue weighted by atomic mass is 9.80. The zero-order valence-corrected chi connectivity index (χ0v) is 18.4. The Morgan fingerprint density at radius 2 is 1.57 bits per heavy atom. The number of allylic oxidation sites excluding steroid dienone is 2. The molecule has 152 valence electrons. The molecule has 0 atom stereocenters. The van der Waals surface area contributed by atoms with Gasteiger partial charge in [0.2, 0.25) is 0 Å². The second-order valence-electron chi connectivity index (χ2n) is 6.09. The van der Waals surface area contributed by atoms with Gasteiger partial charge in [-0.3, -0.25) is 0 Å². The van der Waals surface area contributed by atoms with Crippen molar-refractivity contribution >= 4 is 27.9 Å². The van der Waals surface area contributed by atoms with Crippen LogP contribution in [0.2, 0.25) is 0 Å². The highest BCUT2D eigenvalue weighted by atomic mass is 79.9. The summed E-state index contributed by atoms with van der Waals surface area (Å²) < 4.78 is 21.7. The summed E-state index contributed by atoms with van der Waals surface area (Å²) in [5.41, 5.74) is 2.52. The predicted molar refractivity (Wildman–Crippen MR) is 107 cm³/mol. The molecule has 1 aliphatic heterocycles. The lowest BCUT2D eigenvalue weighted by Gasteiger charge is -2.30. The van der Waals surface area contributed by atoms with Gasteiger partial charge in [-0.25, -0.2) is 9.59 Å². The summed E-state index contributed by atoms with van der Waals surface area (Å²) in [5, 5.41) is 3.08. The van der Waals surface area contributed by atoms with Crippen LogP contribution in [0.3, 0.4) is 0 Å². The number of benzene rings is 1. The molecular formula is C20H24BrNO6. The minimum Gasteiger partial charge on any atom is -0.492 e. The maximum Gasteiger partial charge on any atom is 0.336 e. The molecule has 28 heavy (non-hydrogen) atoms. The van der Waals surface area contributed by atoms with E-state index in [0.717, 1.165) is 0 Å². The number of dihydropyridines is 1. The highest BCUT2D eigenvalue weighted by Crippen LogP contribution is 2.44. The van der Waals surface area contributed by atoms with Gasteiger partial charge >= 0.3 is 11.9 Å². The van der Waals surface area contributed by atoms with E-state index >= 15 is 0 Å². The number of halogens is 1. The average Bonchev–Trinajstić information content (AvgIpc) is 2.66. The van der Waals surface area contributed by atoms with E-state index in [1.54, 1.807) is 33.1 Å². The maximum atomic E-state index is 12.6. The first-order valence-electron chi connectivity index (χ1n) is 8.65. The van der Waals surface area contributed by atoms with Crippen LogP contribution in [0.25, 0.3) is 0 Å². The largest absolute Gasteiger partial charge is 0.492 e. The third-order valence-corrected chi connectivity index (χ3v) is 5.03. The van der Waals surface area contributed by atoms with Gasteiger partial charge in [0, 0.05) is 11.4 Å². The van der Waals surface area contributed by atoms with Crippen LogP contribution < -0.4 is 14.8 Å². The molecule has 1 heterocycles. The Morgan fingerprint density at radius 1 is 1.04 bits per heavy atom. The van der Waals surface area contributed by atoms with Crippen molar-refractivity contribution in [2.24, 2.45) is 0 Å². The number of esters is 2. The molecule has 1 aliphatic rings. The average molecular weight is 454 g/mol. The number of methoxy groups -OCH3 is 3. The monoisotopic (exact) mass is 453 g/mol. The highest BCUT2D eigenvalue weighted by molar-refractivity contribution is 9.10. The standard InChI is InChI=1S/C20H24BrNO6/c1-7-28-14-9-12(8-13(21)18(14)25-4)17-15(19(23)26-5)10(2)22-11(3)16(17)20(24)27-6/h8-9,17,22H,7H2,1-6H3. The number of hydrogen-bond donors (Lipinski definition) is 1. The van der Waals surface area contributed by atoms with Crippen LogP contribution >= 0.6 is 15.9 Å². The maximum absolute atomic E-state index is 12.6. The molecule has 0 aromatic heterocycles. The third kappa shape index (κ3) is 4.01. The van der Waals surface area contributed by atoms with Crippen molar-refractivity contribution < 1.29 is 28.5 Å². The molecule has 0 spiro atoms. The smallest absolute Gasteiger partial charge is 0.336 e. The van der Waals surface area contributed by atoms with E-state index < -0.39 is 17.9 Å². The first-order valence-corrected chi connectivity index (χ1v) is 9.45. The van der Waals surface area contributed by atoms with Crippen LogP contribution in [-0.4, -0.2) is 39.9 Å². The second-order valence-corrected chi connectivity index (χ2v) is 6.94. The van der Waals surface area contributed by atoms with E-state index in [9.17, 15) is 9.59 Å². The van der Waals surface area contributed by atoms with Crippen LogP contribution in [-0.2, 0) is 19.1 Å². The molecule has 0 amide bonds. The van der Waals surface area contributed by atoms with E-state index in [1.165, 1.54) is 14.2 Å². The Morgan fingerprint density at radius 3 is 2.00 bits per heavy atom. The number of hydrogen-bond acceptors (Lipinski definition) is 7. The van der Waals surface area contributed by atoms with Crippen molar-refractivity contribution in [1.82, 2.24) is 5.32 Å². The molecule has 7 nitrogen and oxygen atoms in total. The van der Waals surface area contributed by atoms with E-state index in [4.69, 9.17) is 18.9 Å². The molecule has 1 aromatic rings. The van der Waals surface area contributed by atoms with Gasteiger partial charge in [-0.15, -0.1) is 0 Å². The van der Waals surface area contributed by atoms with Gasteiger partial charge in [0.25, 0.3) is 0 Å². The predicted octanol–water partition coefficient (Wildman–Crippen LogP) is 3.44. The SMILES string of the molecule is CCOc1cc(C2C(C(=O)OC)=C(C)NC(C)=C2C(=O)OC)cc(Br)c1OC. The molecule has 1 N–H and O–H groups in total. The zero-order valence-electron chi connectivity index (χ0n) is 16.8. The Kier molecular flexibility index (Phi) is 7.12. The van der Waals surface area contributed by atoms with Gasteiger partial charge in [-0.05, 0) is 54.4 Å². The normalized spacial score (nSPS) is 14.5. The number of carbonyl (C=O) groups is 2. The summed E-state index contributed by atoms with van der Waals surface area (Å²) in [6.07, 6.45) is 0. The summed E-state index contributed by atoms with van der Waals surface area (Å²) in [4.78, 5) is 25.2. The van der Waals surface area contributed by atoms with Crippen LogP contribution in [0.5, 0.6) is 11.5 Å². The molecule has 0 saturated carbocycles. The molecular weight excluding hydrogens is 430 g/mol. The van der Waals surface area contributed by atoms with Crippen molar-refractivity contribution in [2.45, 2.75) is 26.7 Å². The Bertz CT molecular complexity index is 820. The van der Waals surface area contributed by atoms with Crippen molar-refractivity contribution in [3.63, 3.8) is 0 Å². The third-order valence-electron chi connectivity index (χ3n) is 4.44. The van der Waals surface area contributed by atoms with Gasteiger partial charge < -0.3 is 24.3 Å². The van der Waals surface area contributed by atoms with Crippen molar-refractivity contribution in [3.8, 4) is 11.5 Å². The minimum atomic E-state index is -0.692. The quantitative estimate of drug-likeness (QED) is 0.660. The Balaban J connectivity index is 2.79. The first-order chi connectivity index (χ1) is 13.3. The molecule has 2 rings (SSSR count). The topological polar surface area (TPSA) is 83.1 Å². The molecule has 0 fully saturated rings. The van der Waals surface area contributed by atoms with Gasteiger partial charge in [0.15, 0.2) is 11.5 Å². The second kappa shape index (κ2) is 9.14. The fourth-order valence-corrected chi connectivity index (χ4v) is 3.93. The number of nitrogens with one attached hydrogen (secondary N) is 1. The van der Waals surface area contributed by atoms with Gasteiger partial charge in [0.05, 0.1) is 49.5 Å². The lowest BCUT2D eigenvalue weighted by molar-refractivity contribution is -0.137. The van der Waals surface area contributed by atoms with E-state index in [2.05, 4.69) is 21.2 Å². The molecule has 0 bridgehead atoms. The fraction of sp³-hybridized carbons (Fsp3) is 0.400. The summed E-state index contributed by atoms with van der Waals surface area (Å²) in [6.45, 7) is 5.81. The summed E-state index contributed by atoms with van der Waals surface area (Å²) in [6, 6.07) is 3.55. The molecule has 0 unspecified atom stereocenters. The summed E-state index contributed by atoms with van der Waals surface area (Å²) in [5.74, 6) is -0.734. The van der Waals surface area contributed by atoms with Crippen LogP contribution in [0.15, 0.2) is 39.1 Å². The van der Waals surface area contributed by atoms with Gasteiger partial charge in [0.1, 0.15) is 0 Å². The van der Waals surface area contributed by atoms with Gasteiger partial charge in [-0.1, -0.05) is 0 Å². The summed E-state index contributed by atoms with van der Waals surface area (Å²) in [7, 11) is 4.15. The van der Waals surface area contributed by atoms with Crippen LogP contribution in [0.4, 0.5) is 0 Å². The van der Waals surface area contributed by atoms with E-state index in [0.29, 0.717) is 50.7 Å². The number of rotatable bonds is 6. The molecule has 0 radical (unpaired) electrons. The van der Waals surface area contributed by atoms with Crippen molar-refractivity contribution in [2.75, 3.05) is 27.9 Å². The minimum absolute atomic E-state index is 0.327. The molecule has 0 saturated heterocycles.